The van der Waals surface area contributed by atoms with Gasteiger partial charge in [0.25, 0.3) is 0 Å². The molecule has 2 aliphatic heterocycles. The lowest BCUT2D eigenvalue weighted by Gasteiger charge is -2.41. The first kappa shape index (κ1) is 25.3. The number of carbonyl (C=O) groups is 3. The third-order valence-electron chi connectivity index (χ3n) is 7.81. The van der Waals surface area contributed by atoms with Gasteiger partial charge in [-0.15, -0.1) is 11.8 Å². The SMILES string of the molecule is Cc1ccc(SC2(C(=O)N3CCC(C(=O)O)CC3)CC(=O)N(CC3CC3)C2c2ccc(C#N)cc2)cc1. The topological polar surface area (TPSA) is 102 Å². The summed E-state index contributed by atoms with van der Waals surface area (Å²) in [5.74, 6) is -0.961. The number of carboxylic acids is 1. The van der Waals surface area contributed by atoms with Crippen molar-refractivity contribution < 1.29 is 19.5 Å². The molecule has 1 aliphatic carbocycles. The van der Waals surface area contributed by atoms with Gasteiger partial charge >= 0.3 is 5.97 Å². The minimum atomic E-state index is -1.09. The van der Waals surface area contributed by atoms with Crippen LogP contribution in [0.2, 0.25) is 0 Å². The molecule has 3 aliphatic rings. The summed E-state index contributed by atoms with van der Waals surface area (Å²) < 4.78 is -1.09. The largest absolute Gasteiger partial charge is 0.481 e. The lowest BCUT2D eigenvalue weighted by molar-refractivity contribution is -0.146. The molecule has 8 heteroatoms. The molecule has 0 spiro atoms. The van der Waals surface area contributed by atoms with Crippen LogP contribution < -0.4 is 0 Å². The number of carbonyl (C=O) groups excluding carboxylic acids is 2. The Hall–Kier alpha value is -3.31. The van der Waals surface area contributed by atoms with Crippen LogP contribution in [-0.2, 0) is 14.4 Å². The highest BCUT2D eigenvalue weighted by molar-refractivity contribution is 8.01. The molecule has 1 N–H and O–H groups in total. The Balaban J connectivity index is 1.57. The average Bonchev–Trinajstić information content (AvgIpc) is 3.69. The molecule has 2 saturated heterocycles. The predicted octanol–water partition coefficient (Wildman–Crippen LogP) is 4.40. The number of carboxylic acid groups (broad SMARTS) is 1. The lowest BCUT2D eigenvalue weighted by atomic mass is 9.89. The van der Waals surface area contributed by atoms with E-state index in [1.165, 1.54) is 11.8 Å². The molecular weight excluding hydrogens is 486 g/mol. The Kier molecular flexibility index (Phi) is 7.00. The van der Waals surface area contributed by atoms with Crippen molar-refractivity contribution in [2.45, 2.75) is 54.7 Å². The van der Waals surface area contributed by atoms with Gasteiger partial charge in [0.1, 0.15) is 4.75 Å². The summed E-state index contributed by atoms with van der Waals surface area (Å²) in [6.45, 7) is 3.36. The molecule has 7 nitrogen and oxygen atoms in total. The van der Waals surface area contributed by atoms with Crippen LogP contribution in [0.1, 0.15) is 54.8 Å². The highest BCUT2D eigenvalue weighted by atomic mass is 32.2. The first-order valence-corrected chi connectivity index (χ1v) is 13.7. The standard InChI is InChI=1S/C29H31N3O4S/c1-19-2-10-24(11-3-19)37-29(28(36)31-14-12-23(13-15-31)27(34)35)16-25(33)32(18-21-4-5-21)26(29)22-8-6-20(17-30)7-9-22/h2-3,6-11,21,23,26H,4-5,12-16,18H2,1H3,(H,34,35). The zero-order valence-corrected chi connectivity index (χ0v) is 21.7. The third kappa shape index (κ3) is 5.10. The number of aryl methyl sites for hydroxylation is 1. The van der Waals surface area contributed by atoms with Gasteiger partial charge in [0, 0.05) is 24.5 Å². The average molecular weight is 518 g/mol. The van der Waals surface area contributed by atoms with Crippen LogP contribution in [0, 0.1) is 30.1 Å². The number of piperidine rings is 1. The molecule has 2 atom stereocenters. The van der Waals surface area contributed by atoms with Gasteiger partial charge in [0.15, 0.2) is 0 Å². The minimum absolute atomic E-state index is 0.0327. The number of benzene rings is 2. The molecule has 37 heavy (non-hydrogen) atoms. The van der Waals surface area contributed by atoms with E-state index in [4.69, 9.17) is 0 Å². The normalized spacial score (nSPS) is 24.2. The number of nitriles is 1. The molecule has 2 aromatic carbocycles. The molecular formula is C29H31N3O4S. The zero-order chi connectivity index (χ0) is 26.2. The van der Waals surface area contributed by atoms with Crippen LogP contribution in [0.4, 0.5) is 0 Å². The highest BCUT2D eigenvalue weighted by Crippen LogP contribution is 2.54. The number of thioether (sulfide) groups is 1. The maximum atomic E-state index is 14.5. The van der Waals surface area contributed by atoms with E-state index in [-0.39, 0.29) is 18.2 Å². The van der Waals surface area contributed by atoms with Crippen molar-refractivity contribution in [3.8, 4) is 6.07 Å². The third-order valence-corrected chi connectivity index (χ3v) is 9.22. The molecule has 0 radical (unpaired) electrons. The summed E-state index contributed by atoms with van der Waals surface area (Å²) in [5, 5.41) is 18.8. The molecule has 2 heterocycles. The van der Waals surface area contributed by atoms with Crippen molar-refractivity contribution in [1.82, 2.24) is 9.80 Å². The summed E-state index contributed by atoms with van der Waals surface area (Å²) >= 11 is 1.45. The van der Waals surface area contributed by atoms with Crippen LogP contribution >= 0.6 is 11.8 Å². The van der Waals surface area contributed by atoms with Crippen molar-refractivity contribution >= 4 is 29.5 Å². The second kappa shape index (κ2) is 10.2. The number of likely N-dealkylation sites (tertiary alicyclic amines) is 2. The van der Waals surface area contributed by atoms with Gasteiger partial charge in [-0.2, -0.15) is 5.26 Å². The van der Waals surface area contributed by atoms with E-state index in [0.717, 1.165) is 28.9 Å². The van der Waals surface area contributed by atoms with Crippen molar-refractivity contribution in [3.05, 3.63) is 65.2 Å². The van der Waals surface area contributed by atoms with Crippen molar-refractivity contribution in [2.24, 2.45) is 11.8 Å². The lowest BCUT2D eigenvalue weighted by Crippen LogP contribution is -2.52. The van der Waals surface area contributed by atoms with Gasteiger partial charge in [0.05, 0.1) is 30.0 Å². The second-order valence-electron chi connectivity index (χ2n) is 10.5. The fourth-order valence-electron chi connectivity index (χ4n) is 5.54. The summed E-state index contributed by atoms with van der Waals surface area (Å²) in [4.78, 5) is 44.2. The molecule has 5 rings (SSSR count). The Morgan fingerprint density at radius 2 is 1.70 bits per heavy atom. The Morgan fingerprint density at radius 3 is 2.27 bits per heavy atom. The highest BCUT2D eigenvalue weighted by Gasteiger charge is 2.59. The number of hydrogen-bond acceptors (Lipinski definition) is 5. The molecule has 2 amide bonds. The first-order valence-electron chi connectivity index (χ1n) is 12.9. The van der Waals surface area contributed by atoms with E-state index in [0.29, 0.717) is 44.0 Å². The fraction of sp³-hybridized carbons (Fsp3) is 0.448. The van der Waals surface area contributed by atoms with Crippen LogP contribution in [0.25, 0.3) is 0 Å². The molecule has 0 bridgehead atoms. The number of nitrogens with zero attached hydrogens (tertiary/aromatic N) is 3. The monoisotopic (exact) mass is 517 g/mol. The van der Waals surface area contributed by atoms with E-state index in [9.17, 15) is 24.8 Å². The van der Waals surface area contributed by atoms with Gasteiger partial charge in [-0.1, -0.05) is 29.8 Å². The van der Waals surface area contributed by atoms with Crippen LogP contribution in [-0.4, -0.2) is 57.1 Å². The smallest absolute Gasteiger partial charge is 0.306 e. The van der Waals surface area contributed by atoms with Gasteiger partial charge in [-0.3, -0.25) is 14.4 Å². The fourth-order valence-corrected chi connectivity index (χ4v) is 7.02. The van der Waals surface area contributed by atoms with Crippen molar-refractivity contribution in [3.63, 3.8) is 0 Å². The van der Waals surface area contributed by atoms with Crippen LogP contribution in [0.5, 0.6) is 0 Å². The Labute approximate surface area is 221 Å². The van der Waals surface area contributed by atoms with E-state index in [1.807, 2.05) is 48.2 Å². The van der Waals surface area contributed by atoms with E-state index in [1.54, 1.807) is 17.0 Å². The van der Waals surface area contributed by atoms with Crippen molar-refractivity contribution in [1.29, 1.82) is 5.26 Å². The number of amides is 2. The first-order chi connectivity index (χ1) is 17.8. The summed E-state index contributed by atoms with van der Waals surface area (Å²) in [7, 11) is 0. The molecule has 192 valence electrons. The van der Waals surface area contributed by atoms with Crippen LogP contribution in [0.15, 0.2) is 53.4 Å². The van der Waals surface area contributed by atoms with Gasteiger partial charge < -0.3 is 14.9 Å². The Morgan fingerprint density at radius 1 is 1.05 bits per heavy atom. The quantitative estimate of drug-likeness (QED) is 0.584. The number of rotatable bonds is 7. The maximum Gasteiger partial charge on any atom is 0.306 e. The van der Waals surface area contributed by atoms with E-state index in [2.05, 4.69) is 6.07 Å². The summed E-state index contributed by atoms with van der Waals surface area (Å²) in [6, 6.07) is 16.9. The van der Waals surface area contributed by atoms with E-state index >= 15 is 0 Å². The Bertz CT molecular complexity index is 1230. The zero-order valence-electron chi connectivity index (χ0n) is 20.9. The molecule has 0 aromatic heterocycles. The molecule has 2 unspecified atom stereocenters. The maximum absolute atomic E-state index is 14.5. The molecule has 3 fully saturated rings. The van der Waals surface area contributed by atoms with Crippen molar-refractivity contribution in [2.75, 3.05) is 19.6 Å². The predicted molar refractivity (Wildman–Crippen MR) is 140 cm³/mol. The van der Waals surface area contributed by atoms with Gasteiger partial charge in [0.2, 0.25) is 11.8 Å². The number of hydrogen-bond donors (Lipinski definition) is 1. The molecule has 1 saturated carbocycles. The van der Waals surface area contributed by atoms with Gasteiger partial charge in [-0.25, -0.2) is 0 Å². The van der Waals surface area contributed by atoms with Gasteiger partial charge in [-0.05, 0) is 68.4 Å². The van der Waals surface area contributed by atoms with Crippen LogP contribution in [0.3, 0.4) is 0 Å². The summed E-state index contributed by atoms with van der Waals surface area (Å²) in [6.07, 6.45) is 3.07. The second-order valence-corrected chi connectivity index (χ2v) is 11.9. The van der Waals surface area contributed by atoms with E-state index < -0.39 is 22.7 Å². The summed E-state index contributed by atoms with van der Waals surface area (Å²) in [5.41, 5.74) is 2.49. The molecule has 2 aromatic rings. The minimum Gasteiger partial charge on any atom is -0.481 e. The number of aliphatic carboxylic acids is 1.